The van der Waals surface area contributed by atoms with Crippen LogP contribution in [0.5, 0.6) is 0 Å². The van der Waals surface area contributed by atoms with Gasteiger partial charge in [0.1, 0.15) is 0 Å². The molecule has 0 aliphatic rings. The Bertz CT molecular complexity index is 815. The highest BCUT2D eigenvalue weighted by Gasteiger charge is 2.30. The molecule has 3 N–H and O–H groups in total. The third kappa shape index (κ3) is 8.56. The highest BCUT2D eigenvalue weighted by atomic mass is 16.4. The van der Waals surface area contributed by atoms with Crippen LogP contribution in [0.2, 0.25) is 0 Å². The van der Waals surface area contributed by atoms with Crippen LogP contribution in [0, 0.1) is 11.8 Å². The van der Waals surface area contributed by atoms with Crippen LogP contribution in [0.4, 0.5) is 0 Å². The molecule has 7 heteroatoms. The minimum atomic E-state index is -1.65. The van der Waals surface area contributed by atoms with Crippen LogP contribution in [-0.4, -0.2) is 46.9 Å². The topological polar surface area (TPSA) is 89.9 Å². The molecule has 2 aromatic rings. The van der Waals surface area contributed by atoms with E-state index in [1.807, 2.05) is 74.5 Å². The molecule has 0 aromatic heterocycles. The third-order valence-electron chi connectivity index (χ3n) is 5.22. The van der Waals surface area contributed by atoms with E-state index < -0.39 is 19.0 Å². The molecule has 0 aliphatic carbocycles. The highest BCUT2D eigenvalue weighted by Crippen LogP contribution is 2.17. The molecule has 0 fully saturated rings. The molecule has 0 spiro atoms. The third-order valence-corrected chi connectivity index (χ3v) is 5.22. The monoisotopic (exact) mass is 424 g/mol. The van der Waals surface area contributed by atoms with E-state index in [9.17, 15) is 19.6 Å². The summed E-state index contributed by atoms with van der Waals surface area (Å²) in [4.78, 5) is 27.6. The predicted octanol–water partition coefficient (Wildman–Crippen LogP) is 2.44. The van der Waals surface area contributed by atoms with Crippen LogP contribution < -0.4 is 5.32 Å². The van der Waals surface area contributed by atoms with Crippen molar-refractivity contribution in [2.75, 3.05) is 7.05 Å². The first-order valence-corrected chi connectivity index (χ1v) is 10.7. The van der Waals surface area contributed by atoms with Gasteiger partial charge in [-0.3, -0.25) is 9.59 Å². The highest BCUT2D eigenvalue weighted by molar-refractivity contribution is 6.43. The SMILES string of the molecule is CC(C)C[C@H](NC(=O)[C@@H](CC(=O)N(C)Cc1ccccc1)Cc1ccccc1)B(O)O. The van der Waals surface area contributed by atoms with E-state index >= 15 is 0 Å². The van der Waals surface area contributed by atoms with E-state index in [1.54, 1.807) is 11.9 Å². The van der Waals surface area contributed by atoms with Gasteiger partial charge >= 0.3 is 7.12 Å². The lowest BCUT2D eigenvalue weighted by Gasteiger charge is -2.25. The van der Waals surface area contributed by atoms with Crippen molar-refractivity contribution in [2.24, 2.45) is 11.8 Å². The molecular weight excluding hydrogens is 391 g/mol. The van der Waals surface area contributed by atoms with Gasteiger partial charge in [-0.15, -0.1) is 0 Å². The average molecular weight is 424 g/mol. The second kappa shape index (κ2) is 12.3. The summed E-state index contributed by atoms with van der Waals surface area (Å²) < 4.78 is 0. The van der Waals surface area contributed by atoms with Crippen molar-refractivity contribution in [3.63, 3.8) is 0 Å². The van der Waals surface area contributed by atoms with Gasteiger partial charge in [0, 0.05) is 20.0 Å². The fourth-order valence-electron chi connectivity index (χ4n) is 3.53. The number of carbonyl (C=O) groups excluding carboxylic acids is 2. The number of benzene rings is 2. The van der Waals surface area contributed by atoms with Gasteiger partial charge in [0.15, 0.2) is 0 Å². The summed E-state index contributed by atoms with van der Waals surface area (Å²) in [7, 11) is 0.0754. The summed E-state index contributed by atoms with van der Waals surface area (Å²) in [5.74, 6) is -1.68. The molecule has 2 amide bonds. The second-order valence-corrected chi connectivity index (χ2v) is 8.48. The van der Waals surface area contributed by atoms with Crippen molar-refractivity contribution in [3.05, 3.63) is 71.8 Å². The largest absolute Gasteiger partial charge is 0.475 e. The Morgan fingerprint density at radius 1 is 0.968 bits per heavy atom. The first-order valence-electron chi connectivity index (χ1n) is 10.7. The Balaban J connectivity index is 2.11. The van der Waals surface area contributed by atoms with Crippen molar-refractivity contribution in [1.82, 2.24) is 10.2 Å². The molecule has 2 atom stereocenters. The number of hydrogen-bond acceptors (Lipinski definition) is 4. The number of rotatable bonds is 11. The number of carbonyl (C=O) groups is 2. The van der Waals surface area contributed by atoms with Gasteiger partial charge in [0.25, 0.3) is 0 Å². The summed E-state index contributed by atoms with van der Waals surface area (Å²) in [6, 6.07) is 19.2. The summed E-state index contributed by atoms with van der Waals surface area (Å²) >= 11 is 0. The normalized spacial score (nSPS) is 12.8. The molecule has 0 radical (unpaired) electrons. The van der Waals surface area contributed by atoms with Crippen LogP contribution in [-0.2, 0) is 22.6 Å². The minimum Gasteiger partial charge on any atom is -0.426 e. The number of nitrogens with one attached hydrogen (secondary N) is 1. The summed E-state index contributed by atoms with van der Waals surface area (Å²) in [6.45, 7) is 4.36. The molecule has 0 saturated heterocycles. The maximum Gasteiger partial charge on any atom is 0.475 e. The lowest BCUT2D eigenvalue weighted by molar-refractivity contribution is -0.135. The molecule has 2 rings (SSSR count). The van der Waals surface area contributed by atoms with Gasteiger partial charge in [-0.25, -0.2) is 0 Å². The van der Waals surface area contributed by atoms with Crippen molar-refractivity contribution in [3.8, 4) is 0 Å². The Hall–Kier alpha value is -2.64. The zero-order chi connectivity index (χ0) is 22.8. The van der Waals surface area contributed by atoms with Crippen LogP contribution in [0.15, 0.2) is 60.7 Å². The summed E-state index contributed by atoms with van der Waals surface area (Å²) in [5.41, 5.74) is 1.97. The van der Waals surface area contributed by atoms with Gasteiger partial charge in [-0.2, -0.15) is 0 Å². The fraction of sp³-hybridized carbons (Fsp3) is 0.417. The van der Waals surface area contributed by atoms with Gasteiger partial charge in [-0.1, -0.05) is 74.5 Å². The second-order valence-electron chi connectivity index (χ2n) is 8.48. The van der Waals surface area contributed by atoms with Crippen LogP contribution in [0.1, 0.15) is 37.8 Å². The smallest absolute Gasteiger partial charge is 0.426 e. The first kappa shape index (κ1) is 24.6. The van der Waals surface area contributed by atoms with Crippen molar-refractivity contribution in [2.45, 2.75) is 45.6 Å². The standard InChI is InChI=1S/C24H33BN2O4/c1-18(2)14-22(25(30)31)26-24(29)21(15-19-10-6-4-7-11-19)16-23(28)27(3)17-20-12-8-5-9-13-20/h4-13,18,21-22,30-31H,14-17H2,1-3H3,(H,26,29)/t21-,22+/m1/s1. The zero-order valence-corrected chi connectivity index (χ0v) is 18.6. The quantitative estimate of drug-likeness (QED) is 0.484. The van der Waals surface area contributed by atoms with E-state index in [0.717, 1.165) is 11.1 Å². The van der Waals surface area contributed by atoms with Gasteiger partial charge < -0.3 is 20.3 Å². The molecule has 166 valence electrons. The predicted molar refractivity (Wildman–Crippen MR) is 123 cm³/mol. The Morgan fingerprint density at radius 3 is 2.03 bits per heavy atom. The lowest BCUT2D eigenvalue weighted by Crippen LogP contribution is -2.49. The van der Waals surface area contributed by atoms with E-state index in [1.165, 1.54) is 0 Å². The Morgan fingerprint density at radius 2 is 1.52 bits per heavy atom. The molecule has 6 nitrogen and oxygen atoms in total. The van der Waals surface area contributed by atoms with Crippen LogP contribution in [0.3, 0.4) is 0 Å². The molecule has 0 saturated carbocycles. The van der Waals surface area contributed by atoms with Gasteiger partial charge in [0.05, 0.1) is 11.9 Å². The van der Waals surface area contributed by atoms with Crippen molar-refractivity contribution in [1.29, 1.82) is 0 Å². The molecular formula is C24H33BN2O4. The average Bonchev–Trinajstić information content (AvgIpc) is 2.73. The summed E-state index contributed by atoms with van der Waals surface area (Å²) in [5, 5.41) is 22.1. The van der Waals surface area contributed by atoms with Crippen molar-refractivity contribution >= 4 is 18.9 Å². The Labute approximate surface area is 185 Å². The van der Waals surface area contributed by atoms with E-state index in [4.69, 9.17) is 0 Å². The molecule has 0 aliphatic heterocycles. The Kier molecular flexibility index (Phi) is 9.75. The van der Waals surface area contributed by atoms with Gasteiger partial charge in [-0.05, 0) is 29.9 Å². The van der Waals surface area contributed by atoms with E-state index in [2.05, 4.69) is 5.32 Å². The summed E-state index contributed by atoms with van der Waals surface area (Å²) in [6.07, 6.45) is 0.872. The molecule has 31 heavy (non-hydrogen) atoms. The zero-order valence-electron chi connectivity index (χ0n) is 18.6. The maximum atomic E-state index is 13.1. The van der Waals surface area contributed by atoms with E-state index in [-0.39, 0.29) is 24.2 Å². The number of nitrogens with zero attached hydrogens (tertiary/aromatic N) is 1. The molecule has 2 aromatic carbocycles. The maximum absolute atomic E-state index is 13.1. The van der Waals surface area contributed by atoms with Crippen molar-refractivity contribution < 1.29 is 19.6 Å². The van der Waals surface area contributed by atoms with Gasteiger partial charge in [0.2, 0.25) is 11.8 Å². The van der Waals surface area contributed by atoms with E-state index in [0.29, 0.717) is 19.4 Å². The minimum absolute atomic E-state index is 0.0417. The first-order chi connectivity index (χ1) is 14.8. The molecule has 0 heterocycles. The fourth-order valence-corrected chi connectivity index (χ4v) is 3.53. The number of amides is 2. The lowest BCUT2D eigenvalue weighted by atomic mass is 9.74. The van der Waals surface area contributed by atoms with Crippen LogP contribution in [0.25, 0.3) is 0 Å². The molecule has 0 unspecified atom stereocenters. The number of hydrogen-bond donors (Lipinski definition) is 3. The van der Waals surface area contributed by atoms with Crippen LogP contribution >= 0.6 is 0 Å². The molecule has 0 bridgehead atoms.